The van der Waals surface area contributed by atoms with Crippen LogP contribution in [0.1, 0.15) is 18.9 Å². The van der Waals surface area contributed by atoms with Gasteiger partial charge in [-0.15, -0.1) is 0 Å². The summed E-state index contributed by atoms with van der Waals surface area (Å²) >= 11 is 0. The summed E-state index contributed by atoms with van der Waals surface area (Å²) in [7, 11) is 0. The molecular weight excluding hydrogens is 224 g/mol. The van der Waals surface area contributed by atoms with Crippen molar-refractivity contribution < 1.29 is 9.53 Å². The van der Waals surface area contributed by atoms with Crippen LogP contribution in [0.3, 0.4) is 0 Å². The van der Waals surface area contributed by atoms with Gasteiger partial charge in [-0.25, -0.2) is 0 Å². The fourth-order valence-electron chi connectivity index (χ4n) is 2.75. The third-order valence-electron chi connectivity index (χ3n) is 3.85. The minimum atomic E-state index is -0.354. The molecule has 0 amide bonds. The molecule has 0 N–H and O–H groups in total. The number of benzene rings is 1. The molecule has 0 aromatic heterocycles. The largest absolute Gasteiger partial charge is 0.461 e. The molecule has 1 fully saturated rings. The highest BCUT2D eigenvalue weighted by atomic mass is 16.5. The molecule has 1 spiro atoms. The number of esters is 1. The predicted molar refractivity (Wildman–Crippen MR) is 70.7 cm³/mol. The van der Waals surface area contributed by atoms with E-state index >= 15 is 0 Å². The molecule has 1 heterocycles. The van der Waals surface area contributed by atoms with Crippen molar-refractivity contribution in [1.29, 1.82) is 0 Å². The molecule has 0 unspecified atom stereocenters. The summed E-state index contributed by atoms with van der Waals surface area (Å²) in [6.07, 6.45) is 7.04. The lowest BCUT2D eigenvalue weighted by atomic mass is 9.97. The van der Waals surface area contributed by atoms with E-state index in [1.165, 1.54) is 11.1 Å². The van der Waals surface area contributed by atoms with Crippen LogP contribution in [-0.4, -0.2) is 12.6 Å². The molecule has 2 atom stereocenters. The van der Waals surface area contributed by atoms with Crippen molar-refractivity contribution in [2.75, 3.05) is 6.61 Å². The zero-order valence-corrected chi connectivity index (χ0v) is 10.4. The van der Waals surface area contributed by atoms with E-state index in [-0.39, 0.29) is 11.4 Å². The Morgan fingerprint density at radius 2 is 2.17 bits per heavy atom. The lowest BCUT2D eigenvalue weighted by Gasteiger charge is -2.16. The van der Waals surface area contributed by atoms with Crippen molar-refractivity contribution in [2.24, 2.45) is 11.3 Å². The zero-order chi connectivity index (χ0) is 12.6. The second kappa shape index (κ2) is 4.13. The summed E-state index contributed by atoms with van der Waals surface area (Å²) < 4.78 is 5.13. The fraction of sp³-hybridized carbons (Fsp3) is 0.312. The minimum absolute atomic E-state index is 0.0594. The van der Waals surface area contributed by atoms with Crippen LogP contribution in [0.5, 0.6) is 0 Å². The van der Waals surface area contributed by atoms with Crippen LogP contribution >= 0.6 is 0 Å². The maximum absolute atomic E-state index is 11.8. The fourth-order valence-corrected chi connectivity index (χ4v) is 2.75. The Hall–Kier alpha value is -1.83. The highest BCUT2D eigenvalue weighted by Crippen LogP contribution is 2.59. The van der Waals surface area contributed by atoms with Crippen LogP contribution in [0, 0.1) is 11.3 Å². The summed E-state index contributed by atoms with van der Waals surface area (Å²) in [4.78, 5) is 11.8. The van der Waals surface area contributed by atoms with Gasteiger partial charge < -0.3 is 4.74 Å². The van der Waals surface area contributed by atoms with Crippen molar-refractivity contribution in [1.82, 2.24) is 0 Å². The van der Waals surface area contributed by atoms with E-state index in [4.69, 9.17) is 4.74 Å². The van der Waals surface area contributed by atoms with Gasteiger partial charge in [0.25, 0.3) is 0 Å². The average molecular weight is 240 g/mol. The van der Waals surface area contributed by atoms with Crippen LogP contribution in [-0.2, 0) is 9.53 Å². The van der Waals surface area contributed by atoms with Crippen LogP contribution in [0.15, 0.2) is 48.1 Å². The van der Waals surface area contributed by atoms with E-state index in [1.807, 2.05) is 30.4 Å². The van der Waals surface area contributed by atoms with Gasteiger partial charge >= 0.3 is 5.97 Å². The van der Waals surface area contributed by atoms with Gasteiger partial charge in [-0.3, -0.25) is 4.79 Å². The van der Waals surface area contributed by atoms with Crippen molar-refractivity contribution >= 4 is 12.0 Å². The summed E-state index contributed by atoms with van der Waals surface area (Å²) in [5, 5.41) is 0. The molecule has 1 aromatic carbocycles. The number of carbonyl (C=O) groups is 1. The van der Waals surface area contributed by atoms with Gasteiger partial charge in [-0.05, 0) is 18.9 Å². The highest BCUT2D eigenvalue weighted by Gasteiger charge is 2.60. The third-order valence-corrected chi connectivity index (χ3v) is 3.85. The maximum Gasteiger partial charge on any atom is 0.316 e. The van der Waals surface area contributed by atoms with E-state index in [9.17, 15) is 4.79 Å². The first kappa shape index (κ1) is 11.3. The van der Waals surface area contributed by atoms with E-state index < -0.39 is 0 Å². The molecule has 1 aliphatic carbocycles. The second-order valence-corrected chi connectivity index (χ2v) is 5.10. The highest BCUT2D eigenvalue weighted by molar-refractivity contribution is 5.85. The molecule has 2 heteroatoms. The van der Waals surface area contributed by atoms with Crippen LogP contribution < -0.4 is 0 Å². The molecule has 0 radical (unpaired) electrons. The average Bonchev–Trinajstić information content (AvgIpc) is 3.10. The van der Waals surface area contributed by atoms with E-state index in [1.54, 1.807) is 0 Å². The van der Waals surface area contributed by atoms with Crippen molar-refractivity contribution in [3.05, 3.63) is 53.6 Å². The number of cyclic esters (lactones) is 1. The Bertz CT molecular complexity index is 527. The molecule has 3 rings (SSSR count). The third kappa shape index (κ3) is 1.78. The molecule has 1 saturated carbocycles. The topological polar surface area (TPSA) is 26.3 Å². The number of ether oxygens (including phenoxy) is 1. The molecule has 92 valence electrons. The standard InChI is InChI=1S/C16H16O2/c1-12(10-13-6-3-2-4-7-13)14-11-16(14)8-5-9-18-15(16)17/h2-8,10,14H,9,11H2,1H3/b12-10+/t14-,16-/m1/s1. The normalized spacial score (nSPS) is 30.4. The molecule has 18 heavy (non-hydrogen) atoms. The predicted octanol–water partition coefficient (Wildman–Crippen LogP) is 3.21. The molecule has 1 aliphatic heterocycles. The number of allylic oxidation sites excluding steroid dienone is 1. The Morgan fingerprint density at radius 1 is 1.39 bits per heavy atom. The monoisotopic (exact) mass is 240 g/mol. The van der Waals surface area contributed by atoms with Crippen LogP contribution in [0.2, 0.25) is 0 Å². The second-order valence-electron chi connectivity index (χ2n) is 5.10. The molecular formula is C16H16O2. The SMILES string of the molecule is C/C(=C\c1ccccc1)[C@H]1C[C@]12C=CCOC2=O. The Morgan fingerprint density at radius 3 is 2.89 bits per heavy atom. The molecule has 2 aliphatic rings. The first-order chi connectivity index (χ1) is 8.72. The Labute approximate surface area is 107 Å². The van der Waals surface area contributed by atoms with E-state index in [0.29, 0.717) is 12.5 Å². The summed E-state index contributed by atoms with van der Waals surface area (Å²) in [5.74, 6) is 0.248. The number of carbonyl (C=O) groups excluding carboxylic acids is 1. The quantitative estimate of drug-likeness (QED) is 0.586. The molecule has 0 saturated heterocycles. The summed E-state index contributed by atoms with van der Waals surface area (Å²) in [5.41, 5.74) is 2.09. The van der Waals surface area contributed by atoms with E-state index in [2.05, 4.69) is 25.1 Å². The van der Waals surface area contributed by atoms with Gasteiger partial charge in [0.05, 0.1) is 5.41 Å². The van der Waals surface area contributed by atoms with E-state index in [0.717, 1.165) is 6.42 Å². The molecule has 1 aromatic rings. The summed E-state index contributed by atoms with van der Waals surface area (Å²) in [6.45, 7) is 2.52. The lowest BCUT2D eigenvalue weighted by molar-refractivity contribution is -0.148. The first-order valence-electron chi connectivity index (χ1n) is 6.30. The maximum atomic E-state index is 11.8. The van der Waals surface area contributed by atoms with Crippen molar-refractivity contribution in [2.45, 2.75) is 13.3 Å². The zero-order valence-electron chi connectivity index (χ0n) is 10.4. The van der Waals surface area contributed by atoms with Crippen LogP contribution in [0.4, 0.5) is 0 Å². The minimum Gasteiger partial charge on any atom is -0.461 e. The van der Waals surface area contributed by atoms with Gasteiger partial charge in [0.1, 0.15) is 6.61 Å². The van der Waals surface area contributed by atoms with Gasteiger partial charge in [0.15, 0.2) is 0 Å². The van der Waals surface area contributed by atoms with Crippen molar-refractivity contribution in [3.8, 4) is 0 Å². The smallest absolute Gasteiger partial charge is 0.316 e. The summed E-state index contributed by atoms with van der Waals surface area (Å²) in [6, 6.07) is 10.2. The van der Waals surface area contributed by atoms with Gasteiger partial charge in [-0.1, -0.05) is 54.1 Å². The molecule has 2 nitrogen and oxygen atoms in total. The lowest BCUT2D eigenvalue weighted by Crippen LogP contribution is -2.23. The Balaban J connectivity index is 1.82. The molecule has 0 bridgehead atoms. The van der Waals surface area contributed by atoms with Crippen LogP contribution in [0.25, 0.3) is 6.08 Å². The first-order valence-corrected chi connectivity index (χ1v) is 6.30. The number of hydrogen-bond acceptors (Lipinski definition) is 2. The number of rotatable bonds is 2. The Kier molecular flexibility index (Phi) is 2.58. The van der Waals surface area contributed by atoms with Gasteiger partial charge in [0, 0.05) is 5.92 Å². The van der Waals surface area contributed by atoms with Crippen molar-refractivity contribution in [3.63, 3.8) is 0 Å². The van der Waals surface area contributed by atoms with Gasteiger partial charge in [-0.2, -0.15) is 0 Å². The number of hydrogen-bond donors (Lipinski definition) is 0. The van der Waals surface area contributed by atoms with Gasteiger partial charge in [0.2, 0.25) is 0 Å².